The third kappa shape index (κ3) is 4.80. The summed E-state index contributed by atoms with van der Waals surface area (Å²) in [6, 6.07) is 6.32. The predicted octanol–water partition coefficient (Wildman–Crippen LogP) is 4.10. The monoisotopic (exact) mass is 366 g/mol. The number of halogens is 5. The molecule has 0 amide bonds. The second kappa shape index (κ2) is 7.45. The molecule has 10 heteroatoms. The van der Waals surface area contributed by atoms with E-state index < -0.39 is 28.9 Å². The third-order valence-corrected chi connectivity index (χ3v) is 3.00. The molecule has 0 fully saturated rings. The maximum absolute atomic E-state index is 13.8. The van der Waals surface area contributed by atoms with Crippen molar-refractivity contribution in [2.24, 2.45) is 5.73 Å². The molecule has 0 radical (unpaired) electrons. The van der Waals surface area contributed by atoms with E-state index in [1.807, 2.05) is 0 Å². The van der Waals surface area contributed by atoms with E-state index in [0.29, 0.717) is 0 Å². The van der Waals surface area contributed by atoms with E-state index in [1.165, 1.54) is 12.1 Å². The van der Waals surface area contributed by atoms with Crippen LogP contribution in [0.2, 0.25) is 0 Å². The van der Waals surface area contributed by atoms with E-state index in [-0.39, 0.29) is 29.2 Å². The molecule has 2 aromatic rings. The van der Waals surface area contributed by atoms with Crippen LogP contribution >= 0.6 is 12.4 Å². The Morgan fingerprint density at radius 3 is 2.21 bits per heavy atom. The van der Waals surface area contributed by atoms with Crippen molar-refractivity contribution in [2.75, 3.05) is 0 Å². The number of hydrogen-bond donors (Lipinski definition) is 1. The van der Waals surface area contributed by atoms with Gasteiger partial charge in [0.05, 0.1) is 11.0 Å². The van der Waals surface area contributed by atoms with Gasteiger partial charge in [-0.3, -0.25) is 10.1 Å². The molecule has 0 bridgehead atoms. The van der Waals surface area contributed by atoms with Crippen LogP contribution < -0.4 is 10.5 Å². The number of alkyl halides is 3. The minimum Gasteiger partial charge on any atom is -0.406 e. The van der Waals surface area contributed by atoms with Crippen LogP contribution in [0.4, 0.5) is 23.2 Å². The van der Waals surface area contributed by atoms with Crippen molar-refractivity contribution in [3.05, 3.63) is 69.5 Å². The Labute approximate surface area is 139 Å². The first-order valence-electron chi connectivity index (χ1n) is 6.22. The predicted molar refractivity (Wildman–Crippen MR) is 79.5 cm³/mol. The summed E-state index contributed by atoms with van der Waals surface area (Å²) in [5.41, 5.74) is 5.64. The Bertz CT molecular complexity index is 723. The Kier molecular flexibility index (Phi) is 6.10. The van der Waals surface area contributed by atoms with Crippen molar-refractivity contribution in [3.8, 4) is 5.75 Å². The number of hydrogen-bond acceptors (Lipinski definition) is 4. The molecule has 0 aliphatic heterocycles. The molecule has 0 spiro atoms. The van der Waals surface area contributed by atoms with Gasteiger partial charge in [0.2, 0.25) is 0 Å². The second-order valence-corrected chi connectivity index (χ2v) is 4.56. The average molecular weight is 367 g/mol. The lowest BCUT2D eigenvalue weighted by molar-refractivity contribution is -0.385. The van der Waals surface area contributed by atoms with Crippen molar-refractivity contribution in [1.29, 1.82) is 0 Å². The zero-order valence-corrected chi connectivity index (χ0v) is 12.6. The van der Waals surface area contributed by atoms with Gasteiger partial charge in [0.15, 0.2) is 0 Å². The number of benzene rings is 2. The Hall–Kier alpha value is -2.39. The lowest BCUT2D eigenvalue weighted by atomic mass is 9.98. The molecule has 2 rings (SSSR count). The minimum absolute atomic E-state index is 0. The van der Waals surface area contributed by atoms with Gasteiger partial charge in [-0.15, -0.1) is 25.6 Å². The van der Waals surface area contributed by atoms with E-state index >= 15 is 0 Å². The summed E-state index contributed by atoms with van der Waals surface area (Å²) in [7, 11) is 0. The second-order valence-electron chi connectivity index (χ2n) is 4.56. The zero-order valence-electron chi connectivity index (χ0n) is 11.8. The van der Waals surface area contributed by atoms with Crippen LogP contribution in [0, 0.1) is 15.9 Å². The van der Waals surface area contributed by atoms with E-state index in [4.69, 9.17) is 5.73 Å². The summed E-state index contributed by atoms with van der Waals surface area (Å²) < 4.78 is 53.7. The van der Waals surface area contributed by atoms with Crippen LogP contribution in [0.3, 0.4) is 0 Å². The van der Waals surface area contributed by atoms with Crippen LogP contribution in [-0.2, 0) is 0 Å². The van der Waals surface area contributed by atoms with Crippen LogP contribution in [-0.4, -0.2) is 11.3 Å². The largest absolute Gasteiger partial charge is 0.573 e. The SMILES string of the molecule is Cl.N[C@@H](c1ccc(OC(F)(F)F)cc1)c1cc([N+](=O)[O-])ccc1F. The number of nitrogens with two attached hydrogens (primary N) is 1. The first-order chi connectivity index (χ1) is 10.7. The Morgan fingerprint density at radius 1 is 1.12 bits per heavy atom. The lowest BCUT2D eigenvalue weighted by Crippen LogP contribution is -2.17. The highest BCUT2D eigenvalue weighted by Crippen LogP contribution is 2.28. The summed E-state index contributed by atoms with van der Waals surface area (Å²) in [5, 5.41) is 10.7. The van der Waals surface area contributed by atoms with E-state index in [2.05, 4.69) is 4.74 Å². The van der Waals surface area contributed by atoms with Crippen molar-refractivity contribution in [1.82, 2.24) is 0 Å². The number of rotatable bonds is 4. The number of nitrogens with zero attached hydrogens (tertiary/aromatic N) is 1. The van der Waals surface area contributed by atoms with Gasteiger partial charge in [0.1, 0.15) is 11.6 Å². The fourth-order valence-corrected chi connectivity index (χ4v) is 1.94. The summed E-state index contributed by atoms with van der Waals surface area (Å²) in [5.74, 6) is -1.20. The summed E-state index contributed by atoms with van der Waals surface area (Å²) >= 11 is 0. The molecule has 24 heavy (non-hydrogen) atoms. The van der Waals surface area contributed by atoms with Crippen molar-refractivity contribution in [3.63, 3.8) is 0 Å². The van der Waals surface area contributed by atoms with E-state index in [1.54, 1.807) is 0 Å². The van der Waals surface area contributed by atoms with Gasteiger partial charge in [-0.25, -0.2) is 4.39 Å². The van der Waals surface area contributed by atoms with E-state index in [9.17, 15) is 27.7 Å². The third-order valence-electron chi connectivity index (χ3n) is 3.00. The van der Waals surface area contributed by atoms with Gasteiger partial charge in [-0.1, -0.05) is 12.1 Å². The standard InChI is InChI=1S/C14H10F4N2O3.ClH/c15-12-6-3-9(20(21)22)7-11(12)13(19)8-1-4-10(5-2-8)23-14(16,17)18;/h1-7,13H,19H2;1H/t13-;/m0./s1. The molecule has 5 nitrogen and oxygen atoms in total. The van der Waals surface area contributed by atoms with Gasteiger partial charge >= 0.3 is 6.36 Å². The molecule has 130 valence electrons. The Morgan fingerprint density at radius 2 is 1.71 bits per heavy atom. The molecule has 0 saturated heterocycles. The molecule has 1 atom stereocenters. The molecule has 2 N–H and O–H groups in total. The first kappa shape index (κ1) is 19.7. The highest BCUT2D eigenvalue weighted by Gasteiger charge is 2.31. The fraction of sp³-hybridized carbons (Fsp3) is 0.143. The molecule has 0 unspecified atom stereocenters. The number of nitro groups is 1. The highest BCUT2D eigenvalue weighted by molar-refractivity contribution is 5.85. The van der Waals surface area contributed by atoms with Crippen molar-refractivity contribution >= 4 is 18.1 Å². The zero-order chi connectivity index (χ0) is 17.2. The quantitative estimate of drug-likeness (QED) is 0.502. The molecular formula is C14H11ClF4N2O3. The minimum atomic E-state index is -4.82. The van der Waals surface area contributed by atoms with E-state index in [0.717, 1.165) is 30.3 Å². The Balaban J connectivity index is 0.00000288. The van der Waals surface area contributed by atoms with Crippen LogP contribution in [0.25, 0.3) is 0 Å². The topological polar surface area (TPSA) is 78.4 Å². The lowest BCUT2D eigenvalue weighted by Gasteiger charge is -2.14. The summed E-state index contributed by atoms with van der Waals surface area (Å²) in [6.45, 7) is 0. The van der Waals surface area contributed by atoms with Crippen molar-refractivity contribution < 1.29 is 27.2 Å². The molecule has 0 saturated carbocycles. The molecule has 0 aliphatic carbocycles. The van der Waals surface area contributed by atoms with Gasteiger partial charge in [0, 0.05) is 17.7 Å². The molecule has 0 heterocycles. The van der Waals surface area contributed by atoms with Crippen LogP contribution in [0.5, 0.6) is 5.75 Å². The highest BCUT2D eigenvalue weighted by atomic mass is 35.5. The number of ether oxygens (including phenoxy) is 1. The normalized spacial score (nSPS) is 12.2. The van der Waals surface area contributed by atoms with Crippen LogP contribution in [0.1, 0.15) is 17.2 Å². The maximum Gasteiger partial charge on any atom is 0.573 e. The van der Waals surface area contributed by atoms with Gasteiger partial charge in [-0.05, 0) is 23.8 Å². The maximum atomic E-state index is 13.8. The number of nitro benzene ring substituents is 1. The van der Waals surface area contributed by atoms with Crippen LogP contribution in [0.15, 0.2) is 42.5 Å². The fourth-order valence-electron chi connectivity index (χ4n) is 1.94. The van der Waals surface area contributed by atoms with Gasteiger partial charge < -0.3 is 10.5 Å². The van der Waals surface area contributed by atoms with Gasteiger partial charge in [0.25, 0.3) is 5.69 Å². The summed E-state index contributed by atoms with van der Waals surface area (Å²) in [6.07, 6.45) is -4.82. The summed E-state index contributed by atoms with van der Waals surface area (Å²) in [4.78, 5) is 10.0. The van der Waals surface area contributed by atoms with Gasteiger partial charge in [-0.2, -0.15) is 0 Å². The first-order valence-corrected chi connectivity index (χ1v) is 6.22. The molecular weight excluding hydrogens is 356 g/mol. The smallest absolute Gasteiger partial charge is 0.406 e. The average Bonchev–Trinajstić information content (AvgIpc) is 2.46. The molecule has 0 aromatic heterocycles. The number of non-ortho nitro benzene ring substituents is 1. The molecule has 0 aliphatic rings. The van der Waals surface area contributed by atoms with Crippen molar-refractivity contribution in [2.45, 2.75) is 12.4 Å². The molecule has 2 aromatic carbocycles.